The number of carbonyl (C=O) groups excluding carboxylic acids is 2. The first kappa shape index (κ1) is 16.6. The first-order valence-electron chi connectivity index (χ1n) is 7.85. The number of hydrogen-bond donors (Lipinski definition) is 0. The molecule has 0 saturated carbocycles. The molecule has 0 unspecified atom stereocenters. The Morgan fingerprint density at radius 3 is 2.96 bits per heavy atom. The van der Waals surface area contributed by atoms with Crippen LogP contribution >= 0.6 is 11.8 Å². The molecular weight excluding hydrogens is 326 g/mol. The Bertz CT molecular complexity index is 718. The second-order valence-electron chi connectivity index (χ2n) is 5.77. The van der Waals surface area contributed by atoms with Crippen LogP contribution in [-0.4, -0.2) is 55.2 Å². The number of nitrogens with zero attached hydrogens (tertiary/aromatic N) is 5. The number of rotatable bonds is 5. The lowest BCUT2D eigenvalue weighted by Crippen LogP contribution is -2.43. The van der Waals surface area contributed by atoms with Gasteiger partial charge in [-0.15, -0.1) is 10.2 Å². The number of hydrogen-bond acceptors (Lipinski definition) is 6. The molecule has 1 fully saturated rings. The van der Waals surface area contributed by atoms with Gasteiger partial charge in [0.2, 0.25) is 5.91 Å². The molecule has 1 aliphatic heterocycles. The maximum absolute atomic E-state index is 12.5. The van der Waals surface area contributed by atoms with Gasteiger partial charge >= 0.3 is 0 Å². The third-order valence-electron chi connectivity index (χ3n) is 4.06. The summed E-state index contributed by atoms with van der Waals surface area (Å²) in [6, 6.07) is 5.33. The highest BCUT2D eigenvalue weighted by Gasteiger charge is 2.29. The minimum absolute atomic E-state index is 0.0223. The molecule has 1 amide bonds. The van der Waals surface area contributed by atoms with Gasteiger partial charge in [0.05, 0.1) is 5.75 Å². The van der Waals surface area contributed by atoms with Crippen LogP contribution in [0, 0.1) is 5.92 Å². The highest BCUT2D eigenvalue weighted by molar-refractivity contribution is 7.99. The molecule has 0 aliphatic carbocycles. The second kappa shape index (κ2) is 7.57. The van der Waals surface area contributed by atoms with E-state index < -0.39 is 0 Å². The Morgan fingerprint density at radius 1 is 1.38 bits per heavy atom. The first-order valence-corrected chi connectivity index (χ1v) is 8.83. The SMILES string of the molecule is Cn1cnnc1SCC(=O)N1CCC[C@@H](C(=O)c2ccccn2)C1. The predicted molar refractivity (Wildman–Crippen MR) is 89.6 cm³/mol. The Morgan fingerprint density at radius 2 is 2.25 bits per heavy atom. The smallest absolute Gasteiger partial charge is 0.233 e. The standard InChI is InChI=1S/C16H19N5O2S/c1-20-11-18-19-16(20)24-10-14(22)21-8-4-5-12(9-21)15(23)13-6-2-3-7-17-13/h2-3,6-7,11-12H,4-5,8-10H2,1H3/t12-/m1/s1. The van der Waals surface area contributed by atoms with Crippen LogP contribution in [0.15, 0.2) is 35.9 Å². The summed E-state index contributed by atoms with van der Waals surface area (Å²) < 4.78 is 1.78. The van der Waals surface area contributed by atoms with Gasteiger partial charge in [-0.1, -0.05) is 17.8 Å². The van der Waals surface area contributed by atoms with E-state index in [2.05, 4.69) is 15.2 Å². The average molecular weight is 345 g/mol. The molecule has 1 aliphatic rings. The first-order chi connectivity index (χ1) is 11.6. The largest absolute Gasteiger partial charge is 0.341 e. The molecule has 126 valence electrons. The molecule has 0 spiro atoms. The number of ketones is 1. The zero-order chi connectivity index (χ0) is 16.9. The van der Waals surface area contributed by atoms with Crippen LogP contribution in [0.25, 0.3) is 0 Å². The van der Waals surface area contributed by atoms with Gasteiger partial charge in [-0.25, -0.2) is 0 Å². The minimum Gasteiger partial charge on any atom is -0.341 e. The summed E-state index contributed by atoms with van der Waals surface area (Å²) in [5.74, 6) is 0.185. The number of aryl methyl sites for hydroxylation is 1. The maximum Gasteiger partial charge on any atom is 0.233 e. The van der Waals surface area contributed by atoms with E-state index in [1.165, 1.54) is 11.8 Å². The fraction of sp³-hybridized carbons (Fsp3) is 0.438. The Balaban J connectivity index is 1.58. The molecule has 0 radical (unpaired) electrons. The van der Waals surface area contributed by atoms with Crippen LogP contribution in [0.1, 0.15) is 23.3 Å². The molecule has 0 N–H and O–H groups in total. The second-order valence-corrected chi connectivity index (χ2v) is 6.71. The van der Waals surface area contributed by atoms with Gasteiger partial charge < -0.3 is 9.47 Å². The molecule has 8 heteroatoms. The Kier molecular flexibility index (Phi) is 5.24. The van der Waals surface area contributed by atoms with Crippen molar-refractivity contribution in [2.24, 2.45) is 13.0 Å². The maximum atomic E-state index is 12.5. The van der Waals surface area contributed by atoms with Crippen molar-refractivity contribution in [1.82, 2.24) is 24.6 Å². The molecule has 1 atom stereocenters. The number of piperidine rings is 1. The molecule has 1 saturated heterocycles. The number of pyridine rings is 1. The molecule has 3 heterocycles. The van der Waals surface area contributed by atoms with E-state index in [-0.39, 0.29) is 17.6 Å². The number of thioether (sulfide) groups is 1. The molecule has 24 heavy (non-hydrogen) atoms. The van der Waals surface area contributed by atoms with Crippen molar-refractivity contribution < 1.29 is 9.59 Å². The van der Waals surface area contributed by atoms with Gasteiger partial charge in [-0.3, -0.25) is 14.6 Å². The monoisotopic (exact) mass is 345 g/mol. The summed E-state index contributed by atoms with van der Waals surface area (Å²) in [6.45, 7) is 1.16. The lowest BCUT2D eigenvalue weighted by Gasteiger charge is -2.31. The molecule has 3 rings (SSSR count). The Hall–Kier alpha value is -2.22. The van der Waals surface area contributed by atoms with E-state index in [0.717, 1.165) is 12.8 Å². The van der Waals surface area contributed by atoms with E-state index in [1.807, 2.05) is 13.1 Å². The zero-order valence-corrected chi connectivity index (χ0v) is 14.3. The van der Waals surface area contributed by atoms with Crippen molar-refractivity contribution in [3.8, 4) is 0 Å². The molecule has 2 aromatic rings. The summed E-state index contributed by atoms with van der Waals surface area (Å²) in [6.07, 6.45) is 4.87. The number of aromatic nitrogens is 4. The minimum atomic E-state index is -0.169. The molecule has 2 aromatic heterocycles. The molecule has 7 nitrogen and oxygen atoms in total. The average Bonchev–Trinajstić information content (AvgIpc) is 3.05. The van der Waals surface area contributed by atoms with Crippen molar-refractivity contribution in [3.63, 3.8) is 0 Å². The number of Topliss-reactive ketones (excluding diaryl/α,β-unsaturated/α-hetero) is 1. The fourth-order valence-electron chi connectivity index (χ4n) is 2.76. The van der Waals surface area contributed by atoms with Crippen LogP contribution in [-0.2, 0) is 11.8 Å². The lowest BCUT2D eigenvalue weighted by molar-refractivity contribution is -0.129. The highest BCUT2D eigenvalue weighted by Crippen LogP contribution is 2.22. The molecule has 0 aromatic carbocycles. The van der Waals surface area contributed by atoms with Crippen molar-refractivity contribution in [2.45, 2.75) is 18.0 Å². The number of amides is 1. The third-order valence-corrected chi connectivity index (χ3v) is 5.08. The number of likely N-dealkylation sites (tertiary alicyclic amines) is 1. The molecular formula is C16H19N5O2S. The predicted octanol–water partition coefficient (Wildman–Crippen LogP) is 1.42. The van der Waals surface area contributed by atoms with Crippen LogP contribution in [0.2, 0.25) is 0 Å². The van der Waals surface area contributed by atoms with Gasteiger partial charge in [0.15, 0.2) is 10.9 Å². The summed E-state index contributed by atoms with van der Waals surface area (Å²) in [4.78, 5) is 30.9. The molecule has 0 bridgehead atoms. The van der Waals surface area contributed by atoms with E-state index >= 15 is 0 Å². The van der Waals surface area contributed by atoms with Gasteiger partial charge in [0, 0.05) is 32.3 Å². The van der Waals surface area contributed by atoms with Gasteiger partial charge in [-0.05, 0) is 25.0 Å². The van der Waals surface area contributed by atoms with E-state index in [4.69, 9.17) is 0 Å². The highest BCUT2D eigenvalue weighted by atomic mass is 32.2. The quantitative estimate of drug-likeness (QED) is 0.602. The van der Waals surface area contributed by atoms with Crippen LogP contribution < -0.4 is 0 Å². The van der Waals surface area contributed by atoms with Crippen molar-refractivity contribution >= 4 is 23.5 Å². The van der Waals surface area contributed by atoms with E-state index in [9.17, 15) is 9.59 Å². The topological polar surface area (TPSA) is 81.0 Å². The lowest BCUT2D eigenvalue weighted by atomic mass is 9.92. The van der Waals surface area contributed by atoms with E-state index in [1.54, 1.807) is 34.1 Å². The van der Waals surface area contributed by atoms with E-state index in [0.29, 0.717) is 29.7 Å². The van der Waals surface area contributed by atoms with Crippen LogP contribution in [0.3, 0.4) is 0 Å². The van der Waals surface area contributed by atoms with Gasteiger partial charge in [-0.2, -0.15) is 0 Å². The van der Waals surface area contributed by atoms with Crippen molar-refractivity contribution in [2.75, 3.05) is 18.8 Å². The summed E-state index contributed by atoms with van der Waals surface area (Å²) in [5, 5.41) is 8.46. The number of carbonyl (C=O) groups is 2. The van der Waals surface area contributed by atoms with Crippen molar-refractivity contribution in [3.05, 3.63) is 36.4 Å². The fourth-order valence-corrected chi connectivity index (χ4v) is 3.55. The van der Waals surface area contributed by atoms with Crippen LogP contribution in [0.5, 0.6) is 0 Å². The Labute approximate surface area is 144 Å². The third kappa shape index (κ3) is 3.81. The van der Waals surface area contributed by atoms with Crippen LogP contribution in [0.4, 0.5) is 0 Å². The van der Waals surface area contributed by atoms with Gasteiger partial charge in [0.25, 0.3) is 0 Å². The van der Waals surface area contributed by atoms with Crippen molar-refractivity contribution in [1.29, 1.82) is 0 Å². The zero-order valence-electron chi connectivity index (χ0n) is 13.5. The summed E-state index contributed by atoms with van der Waals surface area (Å²) in [7, 11) is 1.84. The normalized spacial score (nSPS) is 17.7. The summed E-state index contributed by atoms with van der Waals surface area (Å²) >= 11 is 1.36. The van der Waals surface area contributed by atoms with Gasteiger partial charge in [0.1, 0.15) is 12.0 Å². The summed E-state index contributed by atoms with van der Waals surface area (Å²) in [5.41, 5.74) is 0.477.